The van der Waals surface area contributed by atoms with Crippen molar-refractivity contribution in [2.24, 2.45) is 4.99 Å². The molecule has 0 spiro atoms. The van der Waals surface area contributed by atoms with Gasteiger partial charge in [0, 0.05) is 50.1 Å². The fourth-order valence-electron chi connectivity index (χ4n) is 4.14. The summed E-state index contributed by atoms with van der Waals surface area (Å²) in [5, 5.41) is 7.05. The number of pyridine rings is 1. The number of aromatic nitrogens is 1. The lowest BCUT2D eigenvalue weighted by atomic mass is 10.1. The summed E-state index contributed by atoms with van der Waals surface area (Å²) in [6, 6.07) is 15.5. The van der Waals surface area contributed by atoms with Gasteiger partial charge in [0.1, 0.15) is 5.82 Å². The van der Waals surface area contributed by atoms with E-state index in [1.165, 1.54) is 11.3 Å². The SMILES string of the molecule is CCNC(=NCc1ccc(N2CC=CC2)cc1)NC1CCN(c2cccc(C)n2)CC1. The van der Waals surface area contributed by atoms with Crippen LogP contribution >= 0.6 is 0 Å². The number of nitrogens with one attached hydrogen (secondary N) is 2. The molecule has 0 atom stereocenters. The Morgan fingerprint density at radius 2 is 1.77 bits per heavy atom. The largest absolute Gasteiger partial charge is 0.364 e. The zero-order valence-corrected chi connectivity index (χ0v) is 18.7. The summed E-state index contributed by atoms with van der Waals surface area (Å²) in [4.78, 5) is 14.2. The minimum Gasteiger partial charge on any atom is -0.364 e. The van der Waals surface area contributed by atoms with Gasteiger partial charge < -0.3 is 20.4 Å². The Labute approximate surface area is 186 Å². The molecular formula is C25H34N6. The van der Waals surface area contributed by atoms with Crippen LogP contribution in [0.15, 0.2) is 59.6 Å². The number of aliphatic imine (C=N–C) groups is 1. The first kappa shape index (κ1) is 21.2. The molecule has 2 aliphatic heterocycles. The lowest BCUT2D eigenvalue weighted by Crippen LogP contribution is -2.48. The van der Waals surface area contributed by atoms with Crippen molar-refractivity contribution in [3.63, 3.8) is 0 Å². The Hall–Kier alpha value is -3.02. The van der Waals surface area contributed by atoms with Crippen LogP contribution in [0.2, 0.25) is 0 Å². The van der Waals surface area contributed by atoms with Gasteiger partial charge in [-0.3, -0.25) is 0 Å². The third-order valence-electron chi connectivity index (χ3n) is 5.92. The first-order valence-electron chi connectivity index (χ1n) is 11.4. The fraction of sp³-hybridized carbons (Fsp3) is 0.440. The van der Waals surface area contributed by atoms with Gasteiger partial charge in [0.25, 0.3) is 0 Å². The maximum Gasteiger partial charge on any atom is 0.191 e. The topological polar surface area (TPSA) is 55.8 Å². The molecule has 1 saturated heterocycles. The Morgan fingerprint density at radius 1 is 1.03 bits per heavy atom. The lowest BCUT2D eigenvalue weighted by molar-refractivity contribution is 0.459. The molecule has 2 N–H and O–H groups in total. The highest BCUT2D eigenvalue weighted by Gasteiger charge is 2.21. The van der Waals surface area contributed by atoms with Crippen molar-refractivity contribution in [1.82, 2.24) is 15.6 Å². The van der Waals surface area contributed by atoms with Crippen LogP contribution in [0, 0.1) is 6.92 Å². The van der Waals surface area contributed by atoms with Crippen LogP contribution in [0.5, 0.6) is 0 Å². The maximum atomic E-state index is 4.84. The number of hydrogen-bond donors (Lipinski definition) is 2. The molecular weight excluding hydrogens is 384 g/mol. The maximum absolute atomic E-state index is 4.84. The van der Waals surface area contributed by atoms with E-state index in [0.29, 0.717) is 12.6 Å². The van der Waals surface area contributed by atoms with Crippen molar-refractivity contribution in [3.8, 4) is 0 Å². The summed E-state index contributed by atoms with van der Waals surface area (Å²) >= 11 is 0. The molecule has 1 aromatic carbocycles. The molecule has 0 radical (unpaired) electrons. The van der Waals surface area contributed by atoms with Crippen molar-refractivity contribution >= 4 is 17.5 Å². The van der Waals surface area contributed by atoms with Crippen LogP contribution < -0.4 is 20.4 Å². The van der Waals surface area contributed by atoms with Crippen molar-refractivity contribution in [2.45, 2.75) is 39.3 Å². The number of hydrogen-bond acceptors (Lipinski definition) is 4. The molecule has 164 valence electrons. The van der Waals surface area contributed by atoms with E-state index >= 15 is 0 Å². The minimum absolute atomic E-state index is 0.434. The Morgan fingerprint density at radius 3 is 2.45 bits per heavy atom. The summed E-state index contributed by atoms with van der Waals surface area (Å²) in [5.41, 5.74) is 3.58. The van der Waals surface area contributed by atoms with E-state index in [1.807, 2.05) is 13.0 Å². The van der Waals surface area contributed by atoms with Gasteiger partial charge in [-0.25, -0.2) is 9.98 Å². The number of guanidine groups is 1. The normalized spacial score (nSPS) is 17.3. The van der Waals surface area contributed by atoms with Gasteiger partial charge in [0.15, 0.2) is 5.96 Å². The van der Waals surface area contributed by atoms with Crippen molar-refractivity contribution < 1.29 is 0 Å². The van der Waals surface area contributed by atoms with Crippen LogP contribution in [0.4, 0.5) is 11.5 Å². The second kappa shape index (κ2) is 10.3. The van der Waals surface area contributed by atoms with Crippen molar-refractivity contribution in [3.05, 3.63) is 65.9 Å². The second-order valence-electron chi connectivity index (χ2n) is 8.28. The summed E-state index contributed by atoms with van der Waals surface area (Å²) in [7, 11) is 0. The predicted octanol–water partition coefficient (Wildman–Crippen LogP) is 3.49. The van der Waals surface area contributed by atoms with E-state index in [2.05, 4.69) is 80.9 Å². The molecule has 0 unspecified atom stereocenters. The Bertz CT molecular complexity index is 888. The summed E-state index contributed by atoms with van der Waals surface area (Å²) in [5.74, 6) is 2.00. The average Bonchev–Trinajstić information content (AvgIpc) is 3.34. The zero-order valence-electron chi connectivity index (χ0n) is 18.7. The molecule has 0 bridgehead atoms. The second-order valence-corrected chi connectivity index (χ2v) is 8.28. The van der Waals surface area contributed by atoms with Crippen LogP contribution in [0.25, 0.3) is 0 Å². The smallest absolute Gasteiger partial charge is 0.191 e. The molecule has 0 saturated carbocycles. The van der Waals surface area contributed by atoms with E-state index in [1.54, 1.807) is 0 Å². The molecule has 2 aliphatic rings. The highest BCUT2D eigenvalue weighted by molar-refractivity contribution is 5.80. The monoisotopic (exact) mass is 418 g/mol. The number of anilines is 2. The Balaban J connectivity index is 1.30. The molecule has 3 heterocycles. The molecule has 1 fully saturated rings. The van der Waals surface area contributed by atoms with E-state index in [-0.39, 0.29) is 0 Å². The lowest BCUT2D eigenvalue weighted by Gasteiger charge is -2.34. The summed E-state index contributed by atoms with van der Waals surface area (Å²) < 4.78 is 0. The number of aryl methyl sites for hydroxylation is 1. The van der Waals surface area contributed by atoms with Gasteiger partial charge in [0.05, 0.1) is 6.54 Å². The van der Waals surface area contributed by atoms with Crippen molar-refractivity contribution in [2.75, 3.05) is 42.5 Å². The number of benzene rings is 1. The van der Waals surface area contributed by atoms with E-state index in [4.69, 9.17) is 4.99 Å². The van der Waals surface area contributed by atoms with Crippen LogP contribution in [-0.2, 0) is 6.54 Å². The van der Waals surface area contributed by atoms with E-state index in [0.717, 1.165) is 63.0 Å². The van der Waals surface area contributed by atoms with Crippen LogP contribution in [0.3, 0.4) is 0 Å². The molecule has 6 nitrogen and oxygen atoms in total. The molecule has 1 aromatic heterocycles. The molecule has 2 aromatic rings. The number of rotatable bonds is 6. The van der Waals surface area contributed by atoms with Gasteiger partial charge in [-0.1, -0.05) is 30.4 Å². The van der Waals surface area contributed by atoms with Crippen LogP contribution in [-0.4, -0.2) is 49.7 Å². The molecule has 0 aliphatic carbocycles. The van der Waals surface area contributed by atoms with Gasteiger partial charge in [-0.2, -0.15) is 0 Å². The molecule has 4 rings (SSSR count). The summed E-state index contributed by atoms with van der Waals surface area (Å²) in [6.45, 7) is 9.74. The number of nitrogens with zero attached hydrogens (tertiary/aromatic N) is 4. The van der Waals surface area contributed by atoms with Crippen LogP contribution in [0.1, 0.15) is 31.0 Å². The first-order chi connectivity index (χ1) is 15.2. The third kappa shape index (κ3) is 5.78. The standard InChI is InChI=1S/C25H34N6/c1-3-26-25(27-19-21-9-11-23(12-10-21)30-15-4-5-16-30)29-22-13-17-31(18-14-22)24-8-6-7-20(2)28-24/h4-12,22H,3,13-19H2,1-2H3,(H2,26,27,29). The van der Waals surface area contributed by atoms with Gasteiger partial charge in [0.2, 0.25) is 0 Å². The number of piperidine rings is 1. The fourth-order valence-corrected chi connectivity index (χ4v) is 4.14. The van der Waals surface area contributed by atoms with Gasteiger partial charge >= 0.3 is 0 Å². The van der Waals surface area contributed by atoms with Crippen molar-refractivity contribution in [1.29, 1.82) is 0 Å². The Kier molecular flexibility index (Phi) is 7.07. The van der Waals surface area contributed by atoms with E-state index in [9.17, 15) is 0 Å². The first-order valence-corrected chi connectivity index (χ1v) is 11.4. The predicted molar refractivity (Wildman–Crippen MR) is 130 cm³/mol. The highest BCUT2D eigenvalue weighted by atomic mass is 15.2. The molecule has 0 amide bonds. The van der Waals surface area contributed by atoms with Gasteiger partial charge in [-0.05, 0) is 56.5 Å². The molecule has 6 heteroatoms. The molecule has 31 heavy (non-hydrogen) atoms. The summed E-state index contributed by atoms with van der Waals surface area (Å²) in [6.07, 6.45) is 6.60. The quantitative estimate of drug-likeness (QED) is 0.427. The van der Waals surface area contributed by atoms with E-state index < -0.39 is 0 Å². The highest BCUT2D eigenvalue weighted by Crippen LogP contribution is 2.19. The average molecular weight is 419 g/mol. The minimum atomic E-state index is 0.434. The third-order valence-corrected chi connectivity index (χ3v) is 5.92. The zero-order chi connectivity index (χ0) is 21.5. The van der Waals surface area contributed by atoms with Gasteiger partial charge in [-0.15, -0.1) is 0 Å².